The molecule has 0 aliphatic carbocycles. The van der Waals surface area contributed by atoms with E-state index in [1.807, 2.05) is 12.1 Å². The Morgan fingerprint density at radius 2 is 2.00 bits per heavy atom. The number of Topliss-reactive ketones (excluding diaryl/α,β-unsaturated/α-hetero) is 1. The van der Waals surface area contributed by atoms with E-state index in [1.54, 1.807) is 20.8 Å². The van der Waals surface area contributed by atoms with Crippen molar-refractivity contribution in [3.05, 3.63) is 52.3 Å². The number of hydrogen-bond acceptors (Lipinski definition) is 4. The molecule has 2 aromatic rings. The third-order valence-electron chi connectivity index (χ3n) is 4.74. The van der Waals surface area contributed by atoms with E-state index >= 15 is 0 Å². The lowest BCUT2D eigenvalue weighted by Gasteiger charge is -2.30. The number of fused-ring (bicyclic) bond motifs is 1. The van der Waals surface area contributed by atoms with Gasteiger partial charge in [0.15, 0.2) is 5.78 Å². The first-order valence-corrected chi connectivity index (χ1v) is 8.75. The van der Waals surface area contributed by atoms with Gasteiger partial charge in [0.1, 0.15) is 0 Å². The number of carbonyl (C=O) groups is 2. The second-order valence-corrected chi connectivity index (χ2v) is 6.42. The van der Waals surface area contributed by atoms with Crippen molar-refractivity contribution in [1.82, 2.24) is 4.98 Å². The molecule has 132 valence electrons. The van der Waals surface area contributed by atoms with E-state index < -0.39 is 0 Å². The summed E-state index contributed by atoms with van der Waals surface area (Å²) >= 11 is 0. The summed E-state index contributed by atoms with van der Waals surface area (Å²) in [6, 6.07) is 8.23. The van der Waals surface area contributed by atoms with Gasteiger partial charge in [-0.05, 0) is 50.8 Å². The number of nitrogens with one attached hydrogen (secondary N) is 1. The van der Waals surface area contributed by atoms with Crippen LogP contribution >= 0.6 is 0 Å². The van der Waals surface area contributed by atoms with Gasteiger partial charge >= 0.3 is 5.97 Å². The van der Waals surface area contributed by atoms with Crippen molar-refractivity contribution in [3.63, 3.8) is 0 Å². The molecular formula is C20H24N2O3. The lowest BCUT2D eigenvalue weighted by Crippen LogP contribution is -2.34. The molecule has 0 fully saturated rings. The van der Waals surface area contributed by atoms with Gasteiger partial charge in [0, 0.05) is 17.9 Å². The highest BCUT2D eigenvalue weighted by atomic mass is 16.5. The van der Waals surface area contributed by atoms with Crippen molar-refractivity contribution in [1.29, 1.82) is 0 Å². The summed E-state index contributed by atoms with van der Waals surface area (Å²) in [7, 11) is 0. The number of ether oxygens (including phenoxy) is 1. The molecule has 0 unspecified atom stereocenters. The molecule has 0 amide bonds. The molecule has 1 aliphatic heterocycles. The number of aromatic nitrogens is 1. The molecule has 25 heavy (non-hydrogen) atoms. The zero-order valence-electron chi connectivity index (χ0n) is 15.0. The van der Waals surface area contributed by atoms with Crippen molar-refractivity contribution >= 4 is 17.4 Å². The summed E-state index contributed by atoms with van der Waals surface area (Å²) in [6.07, 6.45) is 2.09. The summed E-state index contributed by atoms with van der Waals surface area (Å²) in [6.45, 7) is 6.86. The van der Waals surface area contributed by atoms with Gasteiger partial charge in [-0.25, -0.2) is 4.79 Å². The van der Waals surface area contributed by atoms with Gasteiger partial charge in [0.05, 0.1) is 24.4 Å². The van der Waals surface area contributed by atoms with Crippen molar-refractivity contribution in [2.75, 3.05) is 24.6 Å². The first kappa shape index (κ1) is 17.3. The number of hydrogen-bond donors (Lipinski definition) is 1. The van der Waals surface area contributed by atoms with Gasteiger partial charge < -0.3 is 14.6 Å². The average Bonchev–Trinajstić information content (AvgIpc) is 2.90. The summed E-state index contributed by atoms with van der Waals surface area (Å²) in [5.41, 5.74) is 4.75. The third kappa shape index (κ3) is 3.31. The second kappa shape index (κ2) is 7.13. The predicted octanol–water partition coefficient (Wildman–Crippen LogP) is 3.44. The third-order valence-corrected chi connectivity index (χ3v) is 4.74. The van der Waals surface area contributed by atoms with Crippen LogP contribution in [0.3, 0.4) is 0 Å². The summed E-state index contributed by atoms with van der Waals surface area (Å²) < 4.78 is 5.10. The summed E-state index contributed by atoms with van der Waals surface area (Å²) in [4.78, 5) is 30.2. The van der Waals surface area contributed by atoms with Crippen LogP contribution in [0.2, 0.25) is 0 Å². The van der Waals surface area contributed by atoms with E-state index in [1.165, 1.54) is 5.56 Å². The lowest BCUT2D eigenvalue weighted by molar-refractivity contribution is 0.0525. The highest BCUT2D eigenvalue weighted by Gasteiger charge is 2.25. The second-order valence-electron chi connectivity index (χ2n) is 6.42. The minimum Gasteiger partial charge on any atom is -0.462 e. The number of ketones is 1. The molecule has 0 bridgehead atoms. The molecule has 1 aromatic heterocycles. The van der Waals surface area contributed by atoms with Gasteiger partial charge in [-0.2, -0.15) is 0 Å². The minimum absolute atomic E-state index is 0.00662. The Labute approximate surface area is 148 Å². The van der Waals surface area contributed by atoms with Crippen LogP contribution in [-0.4, -0.2) is 36.4 Å². The number of aromatic amines is 1. The molecule has 2 heterocycles. The first-order chi connectivity index (χ1) is 12.0. The normalized spacial score (nSPS) is 13.5. The Morgan fingerprint density at radius 1 is 1.24 bits per heavy atom. The summed E-state index contributed by atoms with van der Waals surface area (Å²) in [5, 5.41) is 0. The van der Waals surface area contributed by atoms with E-state index in [0.717, 1.165) is 25.1 Å². The van der Waals surface area contributed by atoms with E-state index in [2.05, 4.69) is 22.0 Å². The molecule has 0 saturated carbocycles. The molecule has 1 aliphatic rings. The van der Waals surface area contributed by atoms with Gasteiger partial charge in [0.25, 0.3) is 0 Å². The zero-order chi connectivity index (χ0) is 18.0. The molecule has 3 rings (SSSR count). The van der Waals surface area contributed by atoms with Crippen molar-refractivity contribution in [3.8, 4) is 0 Å². The number of benzene rings is 1. The van der Waals surface area contributed by atoms with Gasteiger partial charge in [-0.3, -0.25) is 4.79 Å². The number of rotatable bonds is 5. The predicted molar refractivity (Wildman–Crippen MR) is 97.5 cm³/mol. The largest absolute Gasteiger partial charge is 0.462 e. The maximum Gasteiger partial charge on any atom is 0.340 e. The van der Waals surface area contributed by atoms with Crippen LogP contribution in [0.15, 0.2) is 24.3 Å². The molecule has 0 radical (unpaired) electrons. The standard InChI is InChI=1S/C20H24N2O3/c1-4-25-20(24)18-13(2)19(21-14(18)3)17(23)12-22-11-7-9-15-8-5-6-10-16(15)22/h5-6,8,10,21H,4,7,9,11-12H2,1-3H3. The Morgan fingerprint density at radius 3 is 2.76 bits per heavy atom. The van der Waals surface area contributed by atoms with Crippen LogP contribution in [0.1, 0.15) is 51.0 Å². The first-order valence-electron chi connectivity index (χ1n) is 8.75. The van der Waals surface area contributed by atoms with Gasteiger partial charge in [-0.15, -0.1) is 0 Å². The number of aryl methyl sites for hydroxylation is 2. The van der Waals surface area contributed by atoms with Crippen LogP contribution in [0.5, 0.6) is 0 Å². The lowest BCUT2D eigenvalue weighted by atomic mass is 10.0. The molecular weight excluding hydrogens is 316 g/mol. The van der Waals surface area contributed by atoms with E-state index in [-0.39, 0.29) is 11.8 Å². The fraction of sp³-hybridized carbons (Fsp3) is 0.400. The van der Waals surface area contributed by atoms with Crippen molar-refractivity contribution in [2.24, 2.45) is 0 Å². The fourth-order valence-corrected chi connectivity index (χ4v) is 3.57. The van der Waals surface area contributed by atoms with Crippen LogP contribution in [0.25, 0.3) is 0 Å². The quantitative estimate of drug-likeness (QED) is 0.669. The molecule has 1 aromatic carbocycles. The number of anilines is 1. The molecule has 0 atom stereocenters. The minimum atomic E-state index is -0.379. The van der Waals surface area contributed by atoms with Crippen LogP contribution in [0.4, 0.5) is 5.69 Å². The molecule has 1 N–H and O–H groups in total. The van der Waals surface area contributed by atoms with Gasteiger partial charge in [-0.1, -0.05) is 18.2 Å². The number of H-pyrrole nitrogens is 1. The van der Waals surface area contributed by atoms with Crippen LogP contribution in [-0.2, 0) is 11.2 Å². The Kier molecular flexibility index (Phi) is 4.93. The number of para-hydroxylation sites is 1. The number of nitrogens with zero attached hydrogens (tertiary/aromatic N) is 1. The number of carbonyl (C=O) groups excluding carboxylic acids is 2. The van der Waals surface area contributed by atoms with Crippen LogP contribution < -0.4 is 4.90 Å². The maximum atomic E-state index is 12.9. The maximum absolute atomic E-state index is 12.9. The Balaban J connectivity index is 1.83. The van der Waals surface area contributed by atoms with Gasteiger partial charge in [0.2, 0.25) is 0 Å². The van der Waals surface area contributed by atoms with Crippen molar-refractivity contribution < 1.29 is 14.3 Å². The SMILES string of the molecule is CCOC(=O)c1c(C)[nH]c(C(=O)CN2CCCc3ccccc32)c1C. The number of esters is 1. The zero-order valence-corrected chi connectivity index (χ0v) is 15.0. The monoisotopic (exact) mass is 340 g/mol. The summed E-state index contributed by atoms with van der Waals surface area (Å²) in [5.74, 6) is -0.385. The average molecular weight is 340 g/mol. The highest BCUT2D eigenvalue weighted by molar-refractivity contribution is 6.03. The fourth-order valence-electron chi connectivity index (χ4n) is 3.57. The Hall–Kier alpha value is -2.56. The van der Waals surface area contributed by atoms with E-state index in [0.29, 0.717) is 35.7 Å². The van der Waals surface area contributed by atoms with Crippen LogP contribution in [0, 0.1) is 13.8 Å². The Bertz CT molecular complexity index is 807. The van der Waals surface area contributed by atoms with E-state index in [4.69, 9.17) is 4.74 Å². The molecule has 5 heteroatoms. The smallest absolute Gasteiger partial charge is 0.340 e. The van der Waals surface area contributed by atoms with Crippen molar-refractivity contribution in [2.45, 2.75) is 33.6 Å². The van der Waals surface area contributed by atoms with E-state index in [9.17, 15) is 9.59 Å². The molecule has 0 saturated heterocycles. The highest BCUT2D eigenvalue weighted by Crippen LogP contribution is 2.27. The molecule has 5 nitrogen and oxygen atoms in total. The molecule has 0 spiro atoms. The topological polar surface area (TPSA) is 62.4 Å².